The third-order valence-corrected chi connectivity index (χ3v) is 7.25. The van der Waals surface area contributed by atoms with E-state index in [0.717, 1.165) is 48.8 Å². The molecule has 1 aliphatic carbocycles. The maximum absolute atomic E-state index is 5.03. The SMILES string of the molecule is c1ccc(-c2nn(-c3ccccc3)cc2CN2CCc3nc(C4CCCCC4)ncc3C2)cc1. The molecule has 0 amide bonds. The second kappa shape index (κ2) is 9.51. The molecule has 0 bridgehead atoms. The summed E-state index contributed by atoms with van der Waals surface area (Å²) in [5.41, 5.74) is 7.08. The summed E-state index contributed by atoms with van der Waals surface area (Å²) < 4.78 is 2.01. The van der Waals surface area contributed by atoms with Crippen molar-refractivity contribution in [3.63, 3.8) is 0 Å². The number of rotatable bonds is 5. The van der Waals surface area contributed by atoms with E-state index in [-0.39, 0.29) is 0 Å². The predicted molar refractivity (Wildman–Crippen MR) is 135 cm³/mol. The van der Waals surface area contributed by atoms with Crippen molar-refractivity contribution >= 4 is 0 Å². The Morgan fingerprint density at radius 3 is 2.44 bits per heavy atom. The van der Waals surface area contributed by atoms with Gasteiger partial charge in [-0.3, -0.25) is 4.90 Å². The molecule has 4 aromatic rings. The highest BCUT2D eigenvalue weighted by Crippen LogP contribution is 2.32. The fourth-order valence-electron chi connectivity index (χ4n) is 5.40. The number of hydrogen-bond donors (Lipinski definition) is 0. The molecule has 6 rings (SSSR count). The van der Waals surface area contributed by atoms with E-state index in [0.29, 0.717) is 5.92 Å². The molecule has 2 aliphatic rings. The van der Waals surface area contributed by atoms with E-state index in [2.05, 4.69) is 71.9 Å². The van der Waals surface area contributed by atoms with Gasteiger partial charge in [0.05, 0.1) is 11.4 Å². The lowest BCUT2D eigenvalue weighted by Gasteiger charge is -2.29. The Hall–Kier alpha value is -3.31. The van der Waals surface area contributed by atoms with E-state index < -0.39 is 0 Å². The van der Waals surface area contributed by atoms with Crippen LogP contribution in [0.3, 0.4) is 0 Å². The molecule has 1 aliphatic heterocycles. The lowest BCUT2D eigenvalue weighted by atomic mass is 9.88. The topological polar surface area (TPSA) is 46.8 Å². The Balaban J connectivity index is 1.25. The Morgan fingerprint density at radius 2 is 1.65 bits per heavy atom. The van der Waals surface area contributed by atoms with Crippen molar-refractivity contribution in [2.45, 2.75) is 57.5 Å². The van der Waals surface area contributed by atoms with Gasteiger partial charge < -0.3 is 0 Å². The standard InChI is InChI=1S/C29H31N5/c1-4-10-22(11-5-1)28-25(21-34(32-28)26-14-8-3-9-15-26)20-33-17-16-27-24(19-33)18-30-29(31-27)23-12-6-2-7-13-23/h1,3-5,8-11,14-15,18,21,23H,2,6-7,12-13,16-17,19-20H2. The second-order valence-corrected chi connectivity index (χ2v) is 9.64. The lowest BCUT2D eigenvalue weighted by molar-refractivity contribution is 0.242. The number of fused-ring (bicyclic) bond motifs is 1. The van der Waals surface area contributed by atoms with Crippen molar-refractivity contribution in [3.8, 4) is 16.9 Å². The van der Waals surface area contributed by atoms with Gasteiger partial charge in [-0.15, -0.1) is 0 Å². The molecular weight excluding hydrogens is 418 g/mol. The van der Waals surface area contributed by atoms with Crippen molar-refractivity contribution in [1.29, 1.82) is 0 Å². The molecule has 0 radical (unpaired) electrons. The molecule has 5 heteroatoms. The summed E-state index contributed by atoms with van der Waals surface area (Å²) in [7, 11) is 0. The summed E-state index contributed by atoms with van der Waals surface area (Å²) in [6.45, 7) is 2.77. The minimum absolute atomic E-state index is 0.564. The Kier molecular flexibility index (Phi) is 5.94. The van der Waals surface area contributed by atoms with Gasteiger partial charge in [0.1, 0.15) is 5.82 Å². The Labute approximate surface area is 201 Å². The molecule has 3 heterocycles. The highest BCUT2D eigenvalue weighted by atomic mass is 15.3. The molecule has 1 saturated carbocycles. The van der Waals surface area contributed by atoms with Crippen molar-refractivity contribution in [1.82, 2.24) is 24.6 Å². The fraction of sp³-hybridized carbons (Fsp3) is 0.345. The third kappa shape index (κ3) is 4.40. The van der Waals surface area contributed by atoms with Gasteiger partial charge >= 0.3 is 0 Å². The van der Waals surface area contributed by atoms with Gasteiger partial charge in [-0.05, 0) is 25.0 Å². The molecule has 2 aromatic carbocycles. The van der Waals surface area contributed by atoms with Gasteiger partial charge in [-0.1, -0.05) is 67.8 Å². The van der Waals surface area contributed by atoms with Crippen molar-refractivity contribution < 1.29 is 0 Å². The molecule has 0 spiro atoms. The van der Waals surface area contributed by atoms with Gasteiger partial charge in [0.25, 0.3) is 0 Å². The molecule has 0 unspecified atom stereocenters. The first kappa shape index (κ1) is 21.2. The van der Waals surface area contributed by atoms with Gasteiger partial charge in [0.2, 0.25) is 0 Å². The molecule has 1 fully saturated rings. The number of hydrogen-bond acceptors (Lipinski definition) is 4. The van der Waals surface area contributed by atoms with Crippen LogP contribution in [0.4, 0.5) is 0 Å². The van der Waals surface area contributed by atoms with Crippen LogP contribution in [0.1, 0.15) is 60.7 Å². The maximum atomic E-state index is 5.03. The predicted octanol–water partition coefficient (Wildman–Crippen LogP) is 5.94. The average Bonchev–Trinajstić information content (AvgIpc) is 3.33. The Bertz CT molecular complexity index is 1240. The van der Waals surface area contributed by atoms with Crippen LogP contribution in [0.2, 0.25) is 0 Å². The molecule has 34 heavy (non-hydrogen) atoms. The van der Waals surface area contributed by atoms with E-state index in [9.17, 15) is 0 Å². The zero-order valence-electron chi connectivity index (χ0n) is 19.6. The lowest BCUT2D eigenvalue weighted by Crippen LogP contribution is -2.31. The monoisotopic (exact) mass is 449 g/mol. The summed E-state index contributed by atoms with van der Waals surface area (Å²) in [5.74, 6) is 1.65. The molecule has 2 aromatic heterocycles. The van der Waals surface area contributed by atoms with Crippen LogP contribution in [0.25, 0.3) is 16.9 Å². The smallest absolute Gasteiger partial charge is 0.131 e. The van der Waals surface area contributed by atoms with Crippen molar-refractivity contribution in [3.05, 3.63) is 95.7 Å². The fourth-order valence-corrected chi connectivity index (χ4v) is 5.40. The summed E-state index contributed by atoms with van der Waals surface area (Å²) in [4.78, 5) is 12.3. The van der Waals surface area contributed by atoms with Gasteiger partial charge in [0, 0.05) is 66.8 Å². The van der Waals surface area contributed by atoms with E-state index in [1.165, 1.54) is 48.9 Å². The molecule has 0 N–H and O–H groups in total. The van der Waals surface area contributed by atoms with Gasteiger partial charge in [-0.25, -0.2) is 14.6 Å². The van der Waals surface area contributed by atoms with Crippen LogP contribution in [0, 0.1) is 0 Å². The summed E-state index contributed by atoms with van der Waals surface area (Å²) in [6.07, 6.45) is 11.8. The van der Waals surface area contributed by atoms with Gasteiger partial charge in [0.15, 0.2) is 0 Å². The van der Waals surface area contributed by atoms with Crippen LogP contribution in [-0.4, -0.2) is 31.2 Å². The van der Waals surface area contributed by atoms with E-state index in [1.54, 1.807) is 0 Å². The number of aromatic nitrogens is 4. The first-order chi connectivity index (χ1) is 16.8. The average molecular weight is 450 g/mol. The normalized spacial score (nSPS) is 16.9. The van der Waals surface area contributed by atoms with Crippen molar-refractivity contribution in [2.24, 2.45) is 0 Å². The summed E-state index contributed by atoms with van der Waals surface area (Å²) in [5, 5.41) is 4.99. The van der Waals surface area contributed by atoms with Gasteiger partial charge in [-0.2, -0.15) is 5.10 Å². The minimum Gasteiger partial charge on any atom is -0.294 e. The molecular formula is C29H31N5. The number of nitrogens with zero attached hydrogens (tertiary/aromatic N) is 5. The van der Waals surface area contributed by atoms with Crippen LogP contribution >= 0.6 is 0 Å². The third-order valence-electron chi connectivity index (χ3n) is 7.25. The zero-order valence-corrected chi connectivity index (χ0v) is 19.6. The molecule has 5 nitrogen and oxygen atoms in total. The first-order valence-electron chi connectivity index (χ1n) is 12.6. The highest BCUT2D eigenvalue weighted by Gasteiger charge is 2.24. The van der Waals surface area contributed by atoms with Crippen LogP contribution in [0.15, 0.2) is 73.1 Å². The van der Waals surface area contributed by atoms with E-state index in [4.69, 9.17) is 15.1 Å². The van der Waals surface area contributed by atoms with E-state index in [1.807, 2.05) is 10.7 Å². The quantitative estimate of drug-likeness (QED) is 0.379. The Morgan fingerprint density at radius 1 is 0.882 bits per heavy atom. The highest BCUT2D eigenvalue weighted by molar-refractivity contribution is 5.63. The second-order valence-electron chi connectivity index (χ2n) is 9.64. The summed E-state index contributed by atoms with van der Waals surface area (Å²) in [6, 6.07) is 20.9. The minimum atomic E-state index is 0.564. The molecule has 0 saturated heterocycles. The van der Waals surface area contributed by atoms with E-state index >= 15 is 0 Å². The van der Waals surface area contributed by atoms with Crippen molar-refractivity contribution in [2.75, 3.05) is 6.54 Å². The number of para-hydroxylation sites is 1. The summed E-state index contributed by atoms with van der Waals surface area (Å²) >= 11 is 0. The van der Waals surface area contributed by atoms with Crippen LogP contribution < -0.4 is 0 Å². The molecule has 172 valence electrons. The molecule has 0 atom stereocenters. The zero-order chi connectivity index (χ0) is 22.7. The maximum Gasteiger partial charge on any atom is 0.131 e. The van der Waals surface area contributed by atoms with Crippen LogP contribution in [0.5, 0.6) is 0 Å². The largest absolute Gasteiger partial charge is 0.294 e. The first-order valence-corrected chi connectivity index (χ1v) is 12.6. The number of benzene rings is 2. The van der Waals surface area contributed by atoms with Crippen LogP contribution in [-0.2, 0) is 19.5 Å².